The van der Waals surface area contributed by atoms with E-state index in [0.29, 0.717) is 21.5 Å². The number of aryl methyl sites for hydroxylation is 2. The van der Waals surface area contributed by atoms with Crippen molar-refractivity contribution >= 4 is 47.6 Å². The van der Waals surface area contributed by atoms with Crippen LogP contribution in [0.2, 0.25) is 0 Å². The van der Waals surface area contributed by atoms with Gasteiger partial charge in [-0.1, -0.05) is 15.9 Å². The number of hydrogen-bond acceptors (Lipinski definition) is 3. The number of nitrogens with zero attached hydrogens (tertiary/aromatic N) is 1. The zero-order valence-corrected chi connectivity index (χ0v) is 14.1. The maximum absolute atomic E-state index is 12.3. The average molecular weight is 409 g/mol. The lowest BCUT2D eigenvalue weighted by atomic mass is 10.3. The zero-order chi connectivity index (χ0) is 14.2. The Hall–Kier alpha value is -0.860. The number of aromatic nitrogens is 2. The fraction of sp³-hybridized carbons (Fsp3) is 0.182. The molecule has 0 unspecified atom stereocenters. The molecule has 0 spiro atoms. The largest absolute Gasteiger partial charge is 0.281 e. The number of H-pyrrole nitrogens is 1. The summed E-state index contributed by atoms with van der Waals surface area (Å²) in [5.74, 6) is 0. The highest BCUT2D eigenvalue weighted by Crippen LogP contribution is 2.29. The Morgan fingerprint density at radius 3 is 2.47 bits per heavy atom. The van der Waals surface area contributed by atoms with Crippen LogP contribution in [0.4, 0.5) is 5.69 Å². The van der Waals surface area contributed by atoms with E-state index in [1.807, 2.05) is 0 Å². The van der Waals surface area contributed by atoms with Gasteiger partial charge in [-0.3, -0.25) is 9.82 Å². The summed E-state index contributed by atoms with van der Waals surface area (Å²) in [5, 5.41) is 6.56. The van der Waals surface area contributed by atoms with Crippen LogP contribution in [0.5, 0.6) is 0 Å². The smallest absolute Gasteiger partial charge is 0.265 e. The standard InChI is InChI=1S/C11H11Br2N3O2S/c1-6-11(7(2)15-14-6)19(17,18)16-10-4-3-8(12)5-9(10)13/h3-5,16H,1-2H3,(H,14,15). The van der Waals surface area contributed by atoms with E-state index in [9.17, 15) is 8.42 Å². The maximum Gasteiger partial charge on any atom is 0.265 e. The van der Waals surface area contributed by atoms with E-state index in [1.165, 1.54) is 0 Å². The van der Waals surface area contributed by atoms with Crippen molar-refractivity contribution in [1.82, 2.24) is 10.2 Å². The Morgan fingerprint density at radius 1 is 1.26 bits per heavy atom. The van der Waals surface area contributed by atoms with Gasteiger partial charge < -0.3 is 0 Å². The quantitative estimate of drug-likeness (QED) is 0.817. The predicted octanol–water partition coefficient (Wildman–Crippen LogP) is 3.35. The first kappa shape index (κ1) is 14.5. The predicted molar refractivity (Wildman–Crippen MR) is 80.7 cm³/mol. The summed E-state index contributed by atoms with van der Waals surface area (Å²) in [6, 6.07) is 5.21. The number of nitrogens with one attached hydrogen (secondary N) is 2. The van der Waals surface area contributed by atoms with Crippen LogP contribution in [-0.2, 0) is 10.0 Å². The van der Waals surface area contributed by atoms with Crippen LogP contribution >= 0.6 is 31.9 Å². The van der Waals surface area contributed by atoms with Gasteiger partial charge in [0.25, 0.3) is 10.0 Å². The molecular weight excluding hydrogens is 398 g/mol. The third kappa shape index (κ3) is 3.01. The van der Waals surface area contributed by atoms with Gasteiger partial charge in [0.15, 0.2) is 0 Å². The van der Waals surface area contributed by atoms with Crippen LogP contribution in [0.25, 0.3) is 0 Å². The molecule has 0 fully saturated rings. The van der Waals surface area contributed by atoms with Crippen molar-refractivity contribution in [3.05, 3.63) is 38.5 Å². The van der Waals surface area contributed by atoms with Crippen LogP contribution in [0.3, 0.4) is 0 Å². The minimum absolute atomic E-state index is 0.183. The number of hydrogen-bond donors (Lipinski definition) is 2. The normalized spacial score (nSPS) is 11.6. The van der Waals surface area contributed by atoms with Crippen molar-refractivity contribution in [3.63, 3.8) is 0 Å². The Kier molecular flexibility index (Phi) is 4.03. The van der Waals surface area contributed by atoms with Crippen molar-refractivity contribution in [3.8, 4) is 0 Å². The molecule has 0 saturated heterocycles. The topological polar surface area (TPSA) is 74.8 Å². The Balaban J connectivity index is 2.42. The molecule has 102 valence electrons. The maximum atomic E-state index is 12.3. The van der Waals surface area contributed by atoms with E-state index >= 15 is 0 Å². The highest BCUT2D eigenvalue weighted by molar-refractivity contribution is 9.11. The van der Waals surface area contributed by atoms with Gasteiger partial charge in [-0.15, -0.1) is 0 Å². The van der Waals surface area contributed by atoms with E-state index in [4.69, 9.17) is 0 Å². The first-order valence-corrected chi connectivity index (χ1v) is 8.37. The van der Waals surface area contributed by atoms with Crippen LogP contribution in [0.15, 0.2) is 32.0 Å². The van der Waals surface area contributed by atoms with E-state index in [-0.39, 0.29) is 4.90 Å². The molecule has 0 saturated carbocycles. The molecule has 8 heteroatoms. The molecule has 1 aromatic heterocycles. The molecule has 1 aromatic carbocycles. The number of halogens is 2. The minimum Gasteiger partial charge on any atom is -0.281 e. The summed E-state index contributed by atoms with van der Waals surface area (Å²) in [5.41, 5.74) is 1.43. The van der Waals surface area contributed by atoms with Gasteiger partial charge in [-0.05, 0) is 48.0 Å². The molecule has 0 amide bonds. The van der Waals surface area contributed by atoms with E-state index in [1.54, 1.807) is 32.0 Å². The minimum atomic E-state index is -3.66. The molecule has 5 nitrogen and oxygen atoms in total. The molecule has 2 N–H and O–H groups in total. The average Bonchev–Trinajstić information content (AvgIpc) is 2.63. The lowest BCUT2D eigenvalue weighted by Gasteiger charge is -2.10. The molecule has 19 heavy (non-hydrogen) atoms. The van der Waals surface area contributed by atoms with Crippen LogP contribution in [0, 0.1) is 13.8 Å². The molecule has 0 aliphatic heterocycles. The molecule has 0 aliphatic rings. The molecule has 2 rings (SSSR count). The first-order chi connectivity index (χ1) is 8.81. The van der Waals surface area contributed by atoms with Crippen LogP contribution in [-0.4, -0.2) is 18.6 Å². The van der Waals surface area contributed by atoms with Crippen molar-refractivity contribution in [1.29, 1.82) is 0 Å². The van der Waals surface area contributed by atoms with Crippen molar-refractivity contribution in [2.24, 2.45) is 0 Å². The molecular formula is C11H11Br2N3O2S. The van der Waals surface area contributed by atoms with E-state index in [2.05, 4.69) is 46.8 Å². The number of anilines is 1. The highest BCUT2D eigenvalue weighted by Gasteiger charge is 2.22. The van der Waals surface area contributed by atoms with Crippen LogP contribution in [0.1, 0.15) is 11.4 Å². The Morgan fingerprint density at radius 2 is 1.95 bits per heavy atom. The van der Waals surface area contributed by atoms with E-state index in [0.717, 1.165) is 4.47 Å². The molecule has 0 bridgehead atoms. The first-order valence-electron chi connectivity index (χ1n) is 5.30. The van der Waals surface area contributed by atoms with Crippen molar-refractivity contribution in [2.75, 3.05) is 4.72 Å². The second kappa shape index (κ2) is 5.26. The summed E-state index contributed by atoms with van der Waals surface area (Å²) in [4.78, 5) is 0.183. The molecule has 0 aliphatic carbocycles. The molecule has 1 heterocycles. The summed E-state index contributed by atoms with van der Waals surface area (Å²) < 4.78 is 28.7. The van der Waals surface area contributed by atoms with Gasteiger partial charge in [-0.2, -0.15) is 5.10 Å². The fourth-order valence-corrected chi connectivity index (χ4v) is 4.43. The lowest BCUT2D eigenvalue weighted by molar-refractivity contribution is 0.600. The second-order valence-electron chi connectivity index (χ2n) is 3.99. The monoisotopic (exact) mass is 407 g/mol. The van der Waals surface area contributed by atoms with Gasteiger partial charge in [0, 0.05) is 8.95 Å². The zero-order valence-electron chi connectivity index (χ0n) is 10.2. The third-order valence-electron chi connectivity index (χ3n) is 2.50. The van der Waals surface area contributed by atoms with Crippen molar-refractivity contribution < 1.29 is 8.42 Å². The third-order valence-corrected chi connectivity index (χ3v) is 5.28. The highest BCUT2D eigenvalue weighted by atomic mass is 79.9. The van der Waals surface area contributed by atoms with Gasteiger partial charge >= 0.3 is 0 Å². The summed E-state index contributed by atoms with van der Waals surface area (Å²) in [6.45, 7) is 3.32. The Labute approximate surface area is 128 Å². The summed E-state index contributed by atoms with van der Waals surface area (Å²) in [7, 11) is -3.66. The molecule has 0 atom stereocenters. The SMILES string of the molecule is Cc1n[nH]c(C)c1S(=O)(=O)Nc1ccc(Br)cc1Br. The van der Waals surface area contributed by atoms with E-state index < -0.39 is 10.0 Å². The number of rotatable bonds is 3. The molecule has 2 aromatic rings. The number of aromatic amines is 1. The van der Waals surface area contributed by atoms with Gasteiger partial charge in [0.2, 0.25) is 0 Å². The van der Waals surface area contributed by atoms with Gasteiger partial charge in [-0.25, -0.2) is 8.42 Å². The lowest BCUT2D eigenvalue weighted by Crippen LogP contribution is -2.14. The number of sulfonamides is 1. The van der Waals surface area contributed by atoms with Crippen LogP contribution < -0.4 is 4.72 Å². The Bertz CT molecular complexity index is 706. The molecule has 0 radical (unpaired) electrons. The fourth-order valence-electron chi connectivity index (χ4n) is 1.70. The van der Waals surface area contributed by atoms with Gasteiger partial charge in [0.1, 0.15) is 4.90 Å². The van der Waals surface area contributed by atoms with Gasteiger partial charge in [0.05, 0.1) is 17.1 Å². The summed E-state index contributed by atoms with van der Waals surface area (Å²) in [6.07, 6.45) is 0. The summed E-state index contributed by atoms with van der Waals surface area (Å²) >= 11 is 6.64. The number of benzene rings is 1. The second-order valence-corrected chi connectivity index (χ2v) is 7.38. The van der Waals surface area contributed by atoms with Crippen molar-refractivity contribution in [2.45, 2.75) is 18.7 Å².